The first kappa shape index (κ1) is 20.6. The Morgan fingerprint density at radius 2 is 1.71 bits per heavy atom. The van der Waals surface area contributed by atoms with E-state index in [9.17, 15) is 13.2 Å². The molecule has 0 saturated heterocycles. The molecule has 5 nitrogen and oxygen atoms in total. The fourth-order valence-corrected chi connectivity index (χ4v) is 2.95. The van der Waals surface area contributed by atoms with E-state index in [2.05, 4.69) is 17.0 Å². The van der Waals surface area contributed by atoms with Crippen LogP contribution in [-0.2, 0) is 21.2 Å². The van der Waals surface area contributed by atoms with Gasteiger partial charge in [0.15, 0.2) is 0 Å². The molecule has 0 atom stereocenters. The van der Waals surface area contributed by atoms with E-state index >= 15 is 0 Å². The Kier molecular flexibility index (Phi) is 7.90. The van der Waals surface area contributed by atoms with Crippen LogP contribution in [0.25, 0.3) is 0 Å². The average molecular weight is 355 g/mol. The topological polar surface area (TPSA) is 75.3 Å². The van der Waals surface area contributed by atoms with Crippen LogP contribution in [0.3, 0.4) is 0 Å². The van der Waals surface area contributed by atoms with Gasteiger partial charge in [-0.3, -0.25) is 4.79 Å². The van der Waals surface area contributed by atoms with Gasteiger partial charge in [0, 0.05) is 18.7 Å². The monoisotopic (exact) mass is 354 g/mol. The quantitative estimate of drug-likeness (QED) is 0.667. The van der Waals surface area contributed by atoms with Crippen molar-refractivity contribution in [3.63, 3.8) is 0 Å². The van der Waals surface area contributed by atoms with E-state index in [1.807, 2.05) is 24.3 Å². The van der Waals surface area contributed by atoms with Gasteiger partial charge < -0.3 is 5.32 Å². The molecular formula is C18H30N2O3S. The predicted molar refractivity (Wildman–Crippen MR) is 99.6 cm³/mol. The Morgan fingerprint density at radius 3 is 2.25 bits per heavy atom. The number of nitrogens with one attached hydrogen (secondary N) is 2. The largest absolute Gasteiger partial charge is 0.326 e. The molecule has 0 aliphatic heterocycles. The third-order valence-electron chi connectivity index (χ3n) is 3.71. The molecule has 136 valence electrons. The molecule has 1 amide bonds. The highest BCUT2D eigenvalue weighted by atomic mass is 32.2. The van der Waals surface area contributed by atoms with Crippen molar-refractivity contribution in [2.75, 3.05) is 11.9 Å². The summed E-state index contributed by atoms with van der Waals surface area (Å²) in [5.41, 5.74) is 2.06. The van der Waals surface area contributed by atoms with E-state index in [4.69, 9.17) is 0 Å². The first-order chi connectivity index (χ1) is 11.2. The number of hydrogen-bond donors (Lipinski definition) is 2. The molecule has 1 rings (SSSR count). The first-order valence-electron chi connectivity index (χ1n) is 8.53. The summed E-state index contributed by atoms with van der Waals surface area (Å²) >= 11 is 0. The molecule has 6 heteroatoms. The summed E-state index contributed by atoms with van der Waals surface area (Å²) in [5.74, 6) is -0.0445. The zero-order valence-corrected chi connectivity index (χ0v) is 16.0. The van der Waals surface area contributed by atoms with E-state index < -0.39 is 14.8 Å². The number of hydrogen-bond acceptors (Lipinski definition) is 3. The molecule has 0 aliphatic carbocycles. The molecule has 1 aromatic carbocycles. The lowest BCUT2D eigenvalue weighted by molar-refractivity contribution is -0.116. The van der Waals surface area contributed by atoms with Crippen LogP contribution in [0, 0.1) is 0 Å². The van der Waals surface area contributed by atoms with Gasteiger partial charge in [-0.1, -0.05) is 25.5 Å². The van der Waals surface area contributed by atoms with Gasteiger partial charge in [0.05, 0.1) is 4.75 Å². The number of sulfonamides is 1. The van der Waals surface area contributed by atoms with Crippen molar-refractivity contribution in [2.24, 2.45) is 0 Å². The van der Waals surface area contributed by atoms with Crippen LogP contribution >= 0.6 is 0 Å². The van der Waals surface area contributed by atoms with Gasteiger partial charge in [-0.15, -0.1) is 0 Å². The lowest BCUT2D eigenvalue weighted by Crippen LogP contribution is -2.39. The molecule has 0 aliphatic rings. The number of amides is 1. The summed E-state index contributed by atoms with van der Waals surface area (Å²) in [6, 6.07) is 7.89. The molecule has 0 heterocycles. The summed E-state index contributed by atoms with van der Waals surface area (Å²) in [7, 11) is -3.31. The van der Waals surface area contributed by atoms with Gasteiger partial charge in [-0.25, -0.2) is 13.1 Å². The van der Waals surface area contributed by atoms with Crippen LogP contribution in [0.4, 0.5) is 5.69 Å². The number of rotatable bonds is 9. The van der Waals surface area contributed by atoms with Gasteiger partial charge in [-0.2, -0.15) is 0 Å². The number of unbranched alkanes of at least 4 members (excludes halogenated alkanes) is 1. The lowest BCUT2D eigenvalue weighted by Gasteiger charge is -2.19. The van der Waals surface area contributed by atoms with Crippen LogP contribution in [0.2, 0.25) is 0 Å². The molecule has 0 saturated carbocycles. The normalized spacial score (nSPS) is 12.2. The summed E-state index contributed by atoms with van der Waals surface area (Å²) in [5, 5.41) is 2.87. The minimum Gasteiger partial charge on any atom is -0.326 e. The van der Waals surface area contributed by atoms with Crippen LogP contribution in [-0.4, -0.2) is 25.6 Å². The molecule has 2 N–H and O–H groups in total. The Labute approximate surface area is 146 Å². The standard InChI is InChI=1S/C18H30N2O3S/c1-5-8-15-10-12-16(13-11-15)20-17(21)9-6-7-14-19-24(22,23)18(2,3)4/h10-13,19H,5-9,14H2,1-4H3,(H,20,21). The van der Waals surface area contributed by atoms with Gasteiger partial charge in [0.1, 0.15) is 0 Å². The maximum Gasteiger partial charge on any atom is 0.224 e. The number of anilines is 1. The highest BCUT2D eigenvalue weighted by molar-refractivity contribution is 7.90. The zero-order valence-electron chi connectivity index (χ0n) is 15.2. The van der Waals surface area contributed by atoms with E-state index in [1.54, 1.807) is 20.8 Å². The molecule has 0 unspecified atom stereocenters. The summed E-state index contributed by atoms with van der Waals surface area (Å²) in [6.07, 6.45) is 3.81. The second-order valence-electron chi connectivity index (χ2n) is 6.96. The molecule has 0 bridgehead atoms. The lowest BCUT2D eigenvalue weighted by atomic mass is 10.1. The van der Waals surface area contributed by atoms with Crippen LogP contribution in [0.1, 0.15) is 58.9 Å². The highest BCUT2D eigenvalue weighted by Crippen LogP contribution is 2.14. The molecule has 0 radical (unpaired) electrons. The first-order valence-corrected chi connectivity index (χ1v) is 10.0. The van der Waals surface area contributed by atoms with E-state index in [0.29, 0.717) is 25.8 Å². The summed E-state index contributed by atoms with van der Waals surface area (Å²) in [4.78, 5) is 11.9. The molecule has 1 aromatic rings. The zero-order chi connectivity index (χ0) is 18.2. The Balaban J connectivity index is 2.27. The van der Waals surface area contributed by atoms with E-state index in [1.165, 1.54) is 5.56 Å². The fraction of sp³-hybridized carbons (Fsp3) is 0.611. The average Bonchev–Trinajstić information content (AvgIpc) is 2.48. The van der Waals surface area contributed by atoms with Crippen LogP contribution < -0.4 is 10.0 Å². The number of benzene rings is 1. The second kappa shape index (κ2) is 9.18. The van der Waals surface area contributed by atoms with Gasteiger partial charge in [0.2, 0.25) is 15.9 Å². The van der Waals surface area contributed by atoms with Crippen LogP contribution in [0.5, 0.6) is 0 Å². The Hall–Kier alpha value is -1.40. The third-order valence-corrected chi connectivity index (χ3v) is 5.90. The molecular weight excluding hydrogens is 324 g/mol. The molecule has 24 heavy (non-hydrogen) atoms. The fourth-order valence-electron chi connectivity index (χ4n) is 2.10. The third kappa shape index (κ3) is 7.01. The van der Waals surface area contributed by atoms with Crippen molar-refractivity contribution in [2.45, 2.75) is 64.5 Å². The molecule has 0 spiro atoms. The van der Waals surface area contributed by atoms with Crippen LogP contribution in [0.15, 0.2) is 24.3 Å². The summed E-state index contributed by atoms with van der Waals surface area (Å²) in [6.45, 7) is 7.48. The maximum absolute atomic E-state index is 11.9. The van der Waals surface area contributed by atoms with Crippen molar-refractivity contribution in [1.82, 2.24) is 4.72 Å². The van der Waals surface area contributed by atoms with Gasteiger partial charge >= 0.3 is 0 Å². The van der Waals surface area contributed by atoms with Gasteiger partial charge in [-0.05, 0) is 57.7 Å². The second-order valence-corrected chi connectivity index (χ2v) is 9.48. The number of aryl methyl sites for hydroxylation is 1. The minimum atomic E-state index is -3.31. The number of carbonyl (C=O) groups excluding carboxylic acids is 1. The smallest absolute Gasteiger partial charge is 0.224 e. The highest BCUT2D eigenvalue weighted by Gasteiger charge is 2.27. The Bertz CT molecular complexity index is 617. The molecule has 0 aromatic heterocycles. The minimum absolute atomic E-state index is 0.0445. The van der Waals surface area contributed by atoms with Crippen molar-refractivity contribution < 1.29 is 13.2 Å². The Morgan fingerprint density at radius 1 is 1.08 bits per heavy atom. The van der Waals surface area contributed by atoms with Crippen molar-refractivity contribution >= 4 is 21.6 Å². The van der Waals surface area contributed by atoms with Crippen molar-refractivity contribution in [1.29, 1.82) is 0 Å². The summed E-state index contributed by atoms with van der Waals surface area (Å²) < 4.78 is 25.5. The van der Waals surface area contributed by atoms with Gasteiger partial charge in [0.25, 0.3) is 0 Å². The predicted octanol–water partition coefficient (Wildman–Crippen LogP) is 3.47. The maximum atomic E-state index is 11.9. The van der Waals surface area contributed by atoms with Crippen molar-refractivity contribution in [3.8, 4) is 0 Å². The van der Waals surface area contributed by atoms with E-state index in [-0.39, 0.29) is 5.91 Å². The van der Waals surface area contributed by atoms with Crippen molar-refractivity contribution in [3.05, 3.63) is 29.8 Å². The van der Waals surface area contributed by atoms with E-state index in [0.717, 1.165) is 18.5 Å². The number of carbonyl (C=O) groups is 1. The molecule has 0 fully saturated rings. The SMILES string of the molecule is CCCc1ccc(NC(=O)CCCCNS(=O)(=O)C(C)(C)C)cc1.